The number of nitrogens with one attached hydrogen (secondary N) is 1. The van der Waals surface area contributed by atoms with E-state index in [9.17, 15) is 4.79 Å². The smallest absolute Gasteiger partial charge is 0.183 e. The Bertz CT molecular complexity index is 581. The van der Waals surface area contributed by atoms with E-state index in [4.69, 9.17) is 4.74 Å². The Morgan fingerprint density at radius 1 is 1.10 bits per heavy atom. The number of carbonyl (C=O) groups excluding carboxylic acids is 1. The van der Waals surface area contributed by atoms with Gasteiger partial charge in [-0.25, -0.2) is 0 Å². The number of ether oxygens (including phenoxy) is 1. The van der Waals surface area contributed by atoms with Gasteiger partial charge in [-0.05, 0) is 31.5 Å². The van der Waals surface area contributed by atoms with E-state index in [1.165, 1.54) is 0 Å². The maximum Gasteiger partial charge on any atom is 0.183 e. The highest BCUT2D eigenvalue weighted by Gasteiger charge is 2.18. The quantitative estimate of drug-likeness (QED) is 0.791. The van der Waals surface area contributed by atoms with Crippen LogP contribution < -0.4 is 10.1 Å². The second-order valence-corrected chi connectivity index (χ2v) is 4.88. The molecule has 0 aromatic heterocycles. The van der Waals surface area contributed by atoms with Crippen LogP contribution in [0, 0.1) is 0 Å². The van der Waals surface area contributed by atoms with Crippen LogP contribution in [-0.2, 0) is 6.54 Å². The summed E-state index contributed by atoms with van der Waals surface area (Å²) in [5.74, 6) is 0.702. The van der Waals surface area contributed by atoms with Crippen LogP contribution in [0.5, 0.6) is 5.75 Å². The summed E-state index contributed by atoms with van der Waals surface area (Å²) in [6.07, 6.45) is 0. The van der Waals surface area contributed by atoms with Crippen molar-refractivity contribution in [2.45, 2.75) is 26.4 Å². The summed E-state index contributed by atoms with van der Waals surface area (Å²) in [6, 6.07) is 17.2. The zero-order valence-corrected chi connectivity index (χ0v) is 12.5. The summed E-state index contributed by atoms with van der Waals surface area (Å²) >= 11 is 0. The summed E-state index contributed by atoms with van der Waals surface area (Å²) in [4.78, 5) is 12.5. The van der Waals surface area contributed by atoms with Gasteiger partial charge in [0.1, 0.15) is 5.75 Å². The minimum atomic E-state index is -0.258. The van der Waals surface area contributed by atoms with Crippen LogP contribution in [0.2, 0.25) is 0 Å². The molecule has 0 aliphatic carbocycles. The summed E-state index contributed by atoms with van der Waals surface area (Å²) in [6.45, 7) is 5.02. The number of hydrogen-bond acceptors (Lipinski definition) is 3. The third-order valence-electron chi connectivity index (χ3n) is 3.30. The van der Waals surface area contributed by atoms with Gasteiger partial charge in [0.2, 0.25) is 0 Å². The number of Topliss-reactive ketones (excluding diaryl/α,β-unsaturated/α-hetero) is 1. The average Bonchev–Trinajstić information content (AvgIpc) is 2.54. The number of hydrogen-bond donors (Lipinski definition) is 1. The van der Waals surface area contributed by atoms with Crippen LogP contribution in [0.4, 0.5) is 0 Å². The highest BCUT2D eigenvalue weighted by Crippen LogP contribution is 2.19. The lowest BCUT2D eigenvalue weighted by molar-refractivity contribution is 0.0946. The molecule has 1 atom stereocenters. The monoisotopic (exact) mass is 283 g/mol. The Kier molecular flexibility index (Phi) is 5.52. The molecule has 110 valence electrons. The number of ketones is 1. The van der Waals surface area contributed by atoms with Crippen molar-refractivity contribution in [3.63, 3.8) is 0 Å². The van der Waals surface area contributed by atoms with Crippen molar-refractivity contribution in [3.05, 3.63) is 65.7 Å². The van der Waals surface area contributed by atoms with Gasteiger partial charge in [0.15, 0.2) is 5.78 Å². The minimum absolute atomic E-state index is 0.0509. The molecule has 0 bridgehead atoms. The lowest BCUT2D eigenvalue weighted by Crippen LogP contribution is -2.33. The molecule has 3 nitrogen and oxygen atoms in total. The molecule has 2 aromatic rings. The Hall–Kier alpha value is -2.13. The standard InChI is InChI=1S/C18H21NO2/c1-3-21-17-12-8-7-11-16(17)18(20)14(2)19-13-15-9-5-4-6-10-15/h4-12,14,19H,3,13H2,1-2H3. The number of carbonyl (C=O) groups is 1. The fourth-order valence-corrected chi connectivity index (χ4v) is 2.14. The lowest BCUT2D eigenvalue weighted by atomic mass is 10.0. The first-order valence-corrected chi connectivity index (χ1v) is 7.25. The van der Waals surface area contributed by atoms with Crippen molar-refractivity contribution >= 4 is 5.78 Å². The third-order valence-corrected chi connectivity index (χ3v) is 3.30. The van der Waals surface area contributed by atoms with E-state index in [2.05, 4.69) is 5.32 Å². The van der Waals surface area contributed by atoms with Gasteiger partial charge in [0.05, 0.1) is 18.2 Å². The maximum atomic E-state index is 12.5. The van der Waals surface area contributed by atoms with Gasteiger partial charge in [0, 0.05) is 6.54 Å². The molecule has 21 heavy (non-hydrogen) atoms. The molecule has 0 heterocycles. The van der Waals surface area contributed by atoms with E-state index >= 15 is 0 Å². The lowest BCUT2D eigenvalue weighted by Gasteiger charge is -2.15. The Morgan fingerprint density at radius 2 is 1.76 bits per heavy atom. The van der Waals surface area contributed by atoms with Crippen LogP contribution in [-0.4, -0.2) is 18.4 Å². The van der Waals surface area contributed by atoms with Crippen molar-refractivity contribution in [2.75, 3.05) is 6.61 Å². The Morgan fingerprint density at radius 3 is 2.48 bits per heavy atom. The van der Waals surface area contributed by atoms with Crippen molar-refractivity contribution in [1.29, 1.82) is 0 Å². The zero-order chi connectivity index (χ0) is 15.1. The molecule has 0 spiro atoms. The van der Waals surface area contributed by atoms with Gasteiger partial charge in [0.25, 0.3) is 0 Å². The normalized spacial score (nSPS) is 11.9. The topological polar surface area (TPSA) is 38.3 Å². The second-order valence-electron chi connectivity index (χ2n) is 4.88. The molecule has 0 saturated heterocycles. The van der Waals surface area contributed by atoms with E-state index in [0.717, 1.165) is 5.56 Å². The second kappa shape index (κ2) is 7.60. The van der Waals surface area contributed by atoms with Crippen LogP contribution >= 0.6 is 0 Å². The van der Waals surface area contributed by atoms with E-state index in [1.807, 2.05) is 68.4 Å². The summed E-state index contributed by atoms with van der Waals surface area (Å²) in [7, 11) is 0. The summed E-state index contributed by atoms with van der Waals surface area (Å²) in [5, 5.41) is 3.26. The number of benzene rings is 2. The molecule has 0 fully saturated rings. The van der Waals surface area contributed by atoms with E-state index in [0.29, 0.717) is 24.5 Å². The molecule has 0 aliphatic rings. The summed E-state index contributed by atoms with van der Waals surface area (Å²) < 4.78 is 5.52. The fourth-order valence-electron chi connectivity index (χ4n) is 2.14. The first-order chi connectivity index (χ1) is 10.2. The predicted octanol–water partition coefficient (Wildman–Crippen LogP) is 3.45. The molecule has 0 saturated carbocycles. The first kappa shape index (κ1) is 15.3. The minimum Gasteiger partial charge on any atom is -0.493 e. The molecule has 1 N–H and O–H groups in total. The van der Waals surface area contributed by atoms with Crippen LogP contribution in [0.1, 0.15) is 29.8 Å². The third kappa shape index (κ3) is 4.17. The molecule has 1 unspecified atom stereocenters. The first-order valence-electron chi connectivity index (χ1n) is 7.25. The molecular weight excluding hydrogens is 262 g/mol. The number of para-hydroxylation sites is 1. The van der Waals surface area contributed by atoms with Gasteiger partial charge < -0.3 is 10.1 Å². The Labute approximate surface area is 126 Å². The molecule has 0 amide bonds. The molecular formula is C18H21NO2. The molecule has 0 aliphatic heterocycles. The van der Waals surface area contributed by atoms with Crippen molar-refractivity contribution in [3.8, 4) is 5.75 Å². The van der Waals surface area contributed by atoms with E-state index in [-0.39, 0.29) is 11.8 Å². The van der Waals surface area contributed by atoms with Crippen LogP contribution in [0.3, 0.4) is 0 Å². The van der Waals surface area contributed by atoms with Gasteiger partial charge in [-0.3, -0.25) is 4.79 Å². The molecule has 0 radical (unpaired) electrons. The number of rotatable bonds is 7. The van der Waals surface area contributed by atoms with Crippen molar-refractivity contribution in [1.82, 2.24) is 5.32 Å². The van der Waals surface area contributed by atoms with Gasteiger partial charge >= 0.3 is 0 Å². The van der Waals surface area contributed by atoms with Crippen LogP contribution in [0.25, 0.3) is 0 Å². The molecule has 2 rings (SSSR count). The SMILES string of the molecule is CCOc1ccccc1C(=O)C(C)NCc1ccccc1. The van der Waals surface area contributed by atoms with Crippen molar-refractivity contribution < 1.29 is 9.53 Å². The van der Waals surface area contributed by atoms with Crippen LogP contribution in [0.15, 0.2) is 54.6 Å². The van der Waals surface area contributed by atoms with E-state index < -0.39 is 0 Å². The van der Waals surface area contributed by atoms with Gasteiger partial charge in [-0.2, -0.15) is 0 Å². The Balaban J connectivity index is 2.02. The fraction of sp³-hybridized carbons (Fsp3) is 0.278. The van der Waals surface area contributed by atoms with E-state index in [1.54, 1.807) is 0 Å². The zero-order valence-electron chi connectivity index (χ0n) is 12.5. The predicted molar refractivity (Wildman–Crippen MR) is 84.7 cm³/mol. The highest BCUT2D eigenvalue weighted by molar-refractivity contribution is 6.02. The molecule has 3 heteroatoms. The molecule has 2 aromatic carbocycles. The van der Waals surface area contributed by atoms with Crippen molar-refractivity contribution in [2.24, 2.45) is 0 Å². The summed E-state index contributed by atoms with van der Waals surface area (Å²) in [5.41, 5.74) is 1.79. The highest BCUT2D eigenvalue weighted by atomic mass is 16.5. The largest absolute Gasteiger partial charge is 0.493 e. The maximum absolute atomic E-state index is 12.5. The van der Waals surface area contributed by atoms with Gasteiger partial charge in [-0.15, -0.1) is 0 Å². The average molecular weight is 283 g/mol. The van der Waals surface area contributed by atoms with Gasteiger partial charge in [-0.1, -0.05) is 42.5 Å².